The molecule has 118 valence electrons. The maximum atomic E-state index is 11.9. The zero-order valence-corrected chi connectivity index (χ0v) is 12.6. The molecule has 2 N–H and O–H groups in total. The van der Waals surface area contributed by atoms with Crippen molar-refractivity contribution in [2.45, 2.75) is 6.42 Å². The number of amides is 2. The van der Waals surface area contributed by atoms with Gasteiger partial charge in [0.1, 0.15) is 6.54 Å². The van der Waals surface area contributed by atoms with Gasteiger partial charge in [0.15, 0.2) is 5.75 Å². The number of nitrogens with zero attached hydrogens (tertiary/aromatic N) is 1. The van der Waals surface area contributed by atoms with Crippen molar-refractivity contribution in [3.8, 4) is 5.75 Å². The van der Waals surface area contributed by atoms with Gasteiger partial charge < -0.3 is 20.3 Å². The summed E-state index contributed by atoms with van der Waals surface area (Å²) in [6.07, 6.45) is 1.25. The van der Waals surface area contributed by atoms with Crippen molar-refractivity contribution in [2.75, 3.05) is 31.1 Å². The SMILES string of the molecule is O=CNCCCNC(=O)CN1CC(=O)Oc2ccc(Cl)cc21. The molecule has 22 heavy (non-hydrogen) atoms. The van der Waals surface area contributed by atoms with Crippen molar-refractivity contribution in [3.05, 3.63) is 23.2 Å². The fourth-order valence-electron chi connectivity index (χ4n) is 2.07. The van der Waals surface area contributed by atoms with Gasteiger partial charge in [-0.3, -0.25) is 9.59 Å². The van der Waals surface area contributed by atoms with Crippen molar-refractivity contribution >= 4 is 35.6 Å². The first kappa shape index (κ1) is 16.1. The molecule has 2 rings (SSSR count). The lowest BCUT2D eigenvalue weighted by atomic mass is 10.2. The number of hydrogen-bond donors (Lipinski definition) is 2. The smallest absolute Gasteiger partial charge is 0.331 e. The zero-order chi connectivity index (χ0) is 15.9. The van der Waals surface area contributed by atoms with Gasteiger partial charge in [0.25, 0.3) is 0 Å². The first-order valence-electron chi connectivity index (χ1n) is 6.79. The first-order valence-corrected chi connectivity index (χ1v) is 7.17. The van der Waals surface area contributed by atoms with Crippen LogP contribution >= 0.6 is 11.6 Å². The molecule has 0 saturated carbocycles. The van der Waals surface area contributed by atoms with E-state index in [2.05, 4.69) is 10.6 Å². The van der Waals surface area contributed by atoms with Gasteiger partial charge in [-0.05, 0) is 24.6 Å². The fourth-order valence-corrected chi connectivity index (χ4v) is 2.23. The third kappa shape index (κ3) is 4.36. The molecule has 0 bridgehead atoms. The second kappa shape index (κ2) is 7.65. The lowest BCUT2D eigenvalue weighted by Crippen LogP contribution is -2.43. The molecule has 0 spiro atoms. The van der Waals surface area contributed by atoms with Gasteiger partial charge in [-0.15, -0.1) is 0 Å². The highest BCUT2D eigenvalue weighted by molar-refractivity contribution is 6.31. The van der Waals surface area contributed by atoms with Crippen molar-refractivity contribution in [1.29, 1.82) is 0 Å². The van der Waals surface area contributed by atoms with Crippen LogP contribution < -0.4 is 20.3 Å². The summed E-state index contributed by atoms with van der Waals surface area (Å²) >= 11 is 5.94. The van der Waals surface area contributed by atoms with Crippen LogP contribution in [0.5, 0.6) is 5.75 Å². The van der Waals surface area contributed by atoms with Crippen LogP contribution in [0.2, 0.25) is 5.02 Å². The molecular weight excluding hydrogens is 310 g/mol. The molecular formula is C14H16ClN3O4. The molecule has 8 heteroatoms. The van der Waals surface area contributed by atoms with Gasteiger partial charge in [-0.25, -0.2) is 4.79 Å². The lowest BCUT2D eigenvalue weighted by molar-refractivity contribution is -0.133. The molecule has 2 amide bonds. The number of carbonyl (C=O) groups is 3. The molecule has 0 saturated heterocycles. The van der Waals surface area contributed by atoms with E-state index < -0.39 is 5.97 Å². The quantitative estimate of drug-likeness (QED) is 0.326. The molecule has 0 radical (unpaired) electrons. The number of halogens is 1. The summed E-state index contributed by atoms with van der Waals surface area (Å²) in [5, 5.41) is 5.74. The Bertz CT molecular complexity index is 579. The third-order valence-corrected chi connectivity index (χ3v) is 3.28. The molecule has 1 aliphatic heterocycles. The highest BCUT2D eigenvalue weighted by Crippen LogP contribution is 2.34. The van der Waals surface area contributed by atoms with Crippen LogP contribution in [-0.2, 0) is 14.4 Å². The normalized spacial score (nSPS) is 13.1. The molecule has 0 aliphatic carbocycles. The van der Waals surface area contributed by atoms with E-state index in [0.717, 1.165) is 0 Å². The topological polar surface area (TPSA) is 87.7 Å². The predicted molar refractivity (Wildman–Crippen MR) is 81.0 cm³/mol. The van der Waals surface area contributed by atoms with Crippen molar-refractivity contribution in [1.82, 2.24) is 10.6 Å². The minimum Gasteiger partial charge on any atom is -0.423 e. The zero-order valence-electron chi connectivity index (χ0n) is 11.8. The van der Waals surface area contributed by atoms with E-state index in [1.807, 2.05) is 0 Å². The number of nitrogens with one attached hydrogen (secondary N) is 2. The van der Waals surface area contributed by atoms with Crippen LogP contribution in [0, 0.1) is 0 Å². The Labute approximate surface area is 132 Å². The number of benzene rings is 1. The van der Waals surface area contributed by atoms with Gasteiger partial charge in [0.2, 0.25) is 12.3 Å². The van der Waals surface area contributed by atoms with E-state index in [9.17, 15) is 14.4 Å². The number of esters is 1. The van der Waals surface area contributed by atoms with Gasteiger partial charge in [-0.1, -0.05) is 11.6 Å². The van der Waals surface area contributed by atoms with Crippen LogP contribution in [0.4, 0.5) is 5.69 Å². The average Bonchev–Trinajstić information content (AvgIpc) is 2.47. The van der Waals surface area contributed by atoms with E-state index in [-0.39, 0.29) is 19.0 Å². The summed E-state index contributed by atoms with van der Waals surface area (Å²) in [5.74, 6) is -0.242. The molecule has 1 heterocycles. The van der Waals surface area contributed by atoms with Crippen molar-refractivity contribution in [2.24, 2.45) is 0 Å². The Morgan fingerprint density at radius 2 is 2.23 bits per heavy atom. The summed E-state index contributed by atoms with van der Waals surface area (Å²) in [6, 6.07) is 4.88. The van der Waals surface area contributed by atoms with Crippen LogP contribution in [0.1, 0.15) is 6.42 Å². The maximum absolute atomic E-state index is 11.9. The summed E-state index contributed by atoms with van der Waals surface area (Å²) < 4.78 is 5.11. The van der Waals surface area contributed by atoms with E-state index in [0.29, 0.717) is 42.4 Å². The second-order valence-electron chi connectivity index (χ2n) is 4.72. The van der Waals surface area contributed by atoms with Crippen molar-refractivity contribution in [3.63, 3.8) is 0 Å². The standard InChI is InChI=1S/C14H16ClN3O4/c15-10-2-3-12-11(6-10)18(8-14(21)22-12)7-13(20)17-5-1-4-16-9-19/h2-3,6,9H,1,4-5,7-8H2,(H,16,19)(H,17,20). The number of hydrogen-bond acceptors (Lipinski definition) is 5. The first-order chi connectivity index (χ1) is 10.6. The molecule has 7 nitrogen and oxygen atoms in total. The monoisotopic (exact) mass is 325 g/mol. The molecule has 1 aromatic carbocycles. The largest absolute Gasteiger partial charge is 0.423 e. The Hall–Kier alpha value is -2.28. The van der Waals surface area contributed by atoms with Gasteiger partial charge in [0.05, 0.1) is 12.2 Å². The number of carbonyl (C=O) groups excluding carboxylic acids is 3. The highest BCUT2D eigenvalue weighted by Gasteiger charge is 2.25. The van der Waals surface area contributed by atoms with E-state index in [4.69, 9.17) is 16.3 Å². The summed E-state index contributed by atoms with van der Waals surface area (Å²) in [6.45, 7) is 0.968. The van der Waals surface area contributed by atoms with E-state index in [1.165, 1.54) is 0 Å². The lowest BCUT2D eigenvalue weighted by Gasteiger charge is -2.29. The maximum Gasteiger partial charge on any atom is 0.331 e. The Balaban J connectivity index is 1.92. The van der Waals surface area contributed by atoms with Crippen LogP contribution in [-0.4, -0.2) is 44.5 Å². The van der Waals surface area contributed by atoms with Crippen LogP contribution in [0.3, 0.4) is 0 Å². The molecule has 1 aromatic rings. The van der Waals surface area contributed by atoms with Gasteiger partial charge in [-0.2, -0.15) is 0 Å². The average molecular weight is 326 g/mol. The third-order valence-electron chi connectivity index (χ3n) is 3.04. The van der Waals surface area contributed by atoms with Crippen LogP contribution in [0.15, 0.2) is 18.2 Å². The summed E-state index contributed by atoms with van der Waals surface area (Å²) in [7, 11) is 0. The molecule has 0 fully saturated rings. The molecule has 0 atom stereocenters. The van der Waals surface area contributed by atoms with Crippen molar-refractivity contribution < 1.29 is 19.1 Å². The minimum absolute atomic E-state index is 0.00649. The number of rotatable bonds is 7. The summed E-state index contributed by atoms with van der Waals surface area (Å²) in [4.78, 5) is 35.2. The molecule has 1 aliphatic rings. The summed E-state index contributed by atoms with van der Waals surface area (Å²) in [5.41, 5.74) is 0.616. The molecule has 0 aromatic heterocycles. The van der Waals surface area contributed by atoms with E-state index >= 15 is 0 Å². The Kier molecular flexibility index (Phi) is 5.60. The van der Waals surface area contributed by atoms with E-state index in [1.54, 1.807) is 23.1 Å². The van der Waals surface area contributed by atoms with Crippen LogP contribution in [0.25, 0.3) is 0 Å². The number of ether oxygens (including phenoxy) is 1. The Morgan fingerprint density at radius 1 is 1.41 bits per heavy atom. The fraction of sp³-hybridized carbons (Fsp3) is 0.357. The second-order valence-corrected chi connectivity index (χ2v) is 5.15. The molecule has 0 unspecified atom stereocenters. The number of fused-ring (bicyclic) bond motifs is 1. The predicted octanol–water partition coefficient (Wildman–Crippen LogP) is 0.318. The highest BCUT2D eigenvalue weighted by atomic mass is 35.5. The number of anilines is 1. The van der Waals surface area contributed by atoms with Gasteiger partial charge >= 0.3 is 5.97 Å². The minimum atomic E-state index is -0.419. The Morgan fingerprint density at radius 3 is 3.00 bits per heavy atom. The van der Waals surface area contributed by atoms with Gasteiger partial charge in [0, 0.05) is 18.1 Å².